The van der Waals surface area contributed by atoms with Crippen LogP contribution in [0.25, 0.3) is 0 Å². The van der Waals surface area contributed by atoms with E-state index in [1.165, 1.54) is 11.1 Å². The van der Waals surface area contributed by atoms with Gasteiger partial charge in [-0.2, -0.15) is 0 Å². The maximum Gasteiger partial charge on any atom is 0.310 e. The third-order valence-corrected chi connectivity index (χ3v) is 3.91. The first kappa shape index (κ1) is 14.7. The molecule has 1 aromatic carbocycles. The highest BCUT2D eigenvalue weighted by molar-refractivity contribution is 5.75. The average Bonchev–Trinajstić information content (AvgIpc) is 2.26. The Bertz CT molecular complexity index is 436. The van der Waals surface area contributed by atoms with Crippen LogP contribution in [0.3, 0.4) is 0 Å². The SMILES string of the molecule is Cc1cccc(CNC(C)(C)C(C)(C)C(=O)O)c1. The van der Waals surface area contributed by atoms with E-state index in [1.54, 1.807) is 13.8 Å². The number of hydrogen-bond donors (Lipinski definition) is 2. The van der Waals surface area contributed by atoms with Crippen LogP contribution >= 0.6 is 0 Å². The van der Waals surface area contributed by atoms with Crippen molar-refractivity contribution in [2.45, 2.75) is 46.7 Å². The molecule has 3 nitrogen and oxygen atoms in total. The molecule has 18 heavy (non-hydrogen) atoms. The highest BCUT2D eigenvalue weighted by atomic mass is 16.4. The van der Waals surface area contributed by atoms with Gasteiger partial charge in [0.1, 0.15) is 0 Å². The maximum atomic E-state index is 11.3. The Hall–Kier alpha value is -1.35. The zero-order valence-electron chi connectivity index (χ0n) is 11.9. The summed E-state index contributed by atoms with van der Waals surface area (Å²) in [6, 6.07) is 8.22. The number of benzene rings is 1. The molecule has 100 valence electrons. The standard InChI is InChI=1S/C15H23NO2/c1-11-7-6-8-12(9-11)10-16-15(4,5)14(2,3)13(17)18/h6-9,16H,10H2,1-5H3,(H,17,18). The molecule has 0 amide bonds. The second-order valence-corrected chi connectivity index (χ2v) is 5.90. The molecule has 0 aliphatic carbocycles. The van der Waals surface area contributed by atoms with Crippen molar-refractivity contribution >= 4 is 5.97 Å². The van der Waals surface area contributed by atoms with Crippen LogP contribution in [0.4, 0.5) is 0 Å². The lowest BCUT2D eigenvalue weighted by Crippen LogP contribution is -2.54. The van der Waals surface area contributed by atoms with Crippen LogP contribution in [-0.2, 0) is 11.3 Å². The number of carboxylic acid groups (broad SMARTS) is 1. The van der Waals surface area contributed by atoms with E-state index in [4.69, 9.17) is 0 Å². The van der Waals surface area contributed by atoms with Gasteiger partial charge in [0.15, 0.2) is 0 Å². The minimum atomic E-state index is -0.823. The number of aryl methyl sites for hydroxylation is 1. The van der Waals surface area contributed by atoms with Crippen molar-refractivity contribution in [2.75, 3.05) is 0 Å². The fraction of sp³-hybridized carbons (Fsp3) is 0.533. The number of carboxylic acids is 1. The van der Waals surface area contributed by atoms with Gasteiger partial charge in [0.05, 0.1) is 5.41 Å². The molecule has 0 saturated carbocycles. The molecule has 0 heterocycles. The first-order chi connectivity index (χ1) is 8.17. The third-order valence-electron chi connectivity index (χ3n) is 3.91. The summed E-state index contributed by atoms with van der Waals surface area (Å²) >= 11 is 0. The average molecular weight is 249 g/mol. The van der Waals surface area contributed by atoms with E-state index in [2.05, 4.69) is 24.4 Å². The number of aliphatic carboxylic acids is 1. The van der Waals surface area contributed by atoms with Crippen molar-refractivity contribution in [1.82, 2.24) is 5.32 Å². The van der Waals surface area contributed by atoms with Crippen LogP contribution in [0, 0.1) is 12.3 Å². The van der Waals surface area contributed by atoms with Crippen molar-refractivity contribution in [3.05, 3.63) is 35.4 Å². The van der Waals surface area contributed by atoms with Crippen molar-refractivity contribution < 1.29 is 9.90 Å². The van der Waals surface area contributed by atoms with Gasteiger partial charge in [-0.25, -0.2) is 0 Å². The fourth-order valence-corrected chi connectivity index (χ4v) is 1.63. The number of carbonyl (C=O) groups is 1. The summed E-state index contributed by atoms with van der Waals surface area (Å²) in [5.41, 5.74) is 1.08. The zero-order chi connectivity index (χ0) is 14.0. The Morgan fingerprint density at radius 1 is 1.28 bits per heavy atom. The molecule has 0 saturated heterocycles. The van der Waals surface area contributed by atoms with Gasteiger partial charge in [-0.05, 0) is 40.2 Å². The lowest BCUT2D eigenvalue weighted by Gasteiger charge is -2.39. The summed E-state index contributed by atoms with van der Waals surface area (Å²) in [4.78, 5) is 11.3. The summed E-state index contributed by atoms with van der Waals surface area (Å²) < 4.78 is 0. The smallest absolute Gasteiger partial charge is 0.310 e. The van der Waals surface area contributed by atoms with Gasteiger partial charge < -0.3 is 10.4 Å². The zero-order valence-corrected chi connectivity index (χ0v) is 11.9. The maximum absolute atomic E-state index is 11.3. The van der Waals surface area contributed by atoms with Gasteiger partial charge in [0.2, 0.25) is 0 Å². The second-order valence-electron chi connectivity index (χ2n) is 5.90. The van der Waals surface area contributed by atoms with E-state index in [0.29, 0.717) is 6.54 Å². The predicted octanol–water partition coefficient (Wildman–Crippen LogP) is 2.97. The minimum Gasteiger partial charge on any atom is -0.481 e. The number of nitrogens with one attached hydrogen (secondary N) is 1. The Morgan fingerprint density at radius 2 is 1.89 bits per heavy atom. The van der Waals surface area contributed by atoms with Crippen molar-refractivity contribution in [3.63, 3.8) is 0 Å². The van der Waals surface area contributed by atoms with Crippen LogP contribution in [0.1, 0.15) is 38.8 Å². The van der Waals surface area contributed by atoms with Gasteiger partial charge in [0.25, 0.3) is 0 Å². The quantitative estimate of drug-likeness (QED) is 0.843. The van der Waals surface area contributed by atoms with E-state index < -0.39 is 16.9 Å². The van der Waals surface area contributed by atoms with Crippen molar-refractivity contribution in [1.29, 1.82) is 0 Å². The Balaban J connectivity index is 2.76. The molecular weight excluding hydrogens is 226 g/mol. The van der Waals surface area contributed by atoms with Crippen molar-refractivity contribution in [3.8, 4) is 0 Å². The molecular formula is C15H23NO2. The Morgan fingerprint density at radius 3 is 2.39 bits per heavy atom. The van der Waals surface area contributed by atoms with E-state index >= 15 is 0 Å². The molecule has 1 aromatic rings. The highest BCUT2D eigenvalue weighted by Crippen LogP contribution is 2.30. The van der Waals surface area contributed by atoms with Crippen LogP contribution < -0.4 is 5.32 Å². The molecule has 0 bridgehead atoms. The molecule has 0 spiro atoms. The Kier molecular flexibility index (Phi) is 4.17. The van der Waals surface area contributed by atoms with Gasteiger partial charge in [-0.3, -0.25) is 4.79 Å². The largest absolute Gasteiger partial charge is 0.481 e. The fourth-order valence-electron chi connectivity index (χ4n) is 1.63. The molecule has 0 aromatic heterocycles. The molecule has 0 aliphatic rings. The van der Waals surface area contributed by atoms with Crippen LogP contribution in [-0.4, -0.2) is 16.6 Å². The first-order valence-electron chi connectivity index (χ1n) is 6.21. The normalized spacial score (nSPS) is 12.5. The van der Waals surface area contributed by atoms with Gasteiger partial charge >= 0.3 is 5.97 Å². The molecule has 3 heteroatoms. The van der Waals surface area contributed by atoms with E-state index in [9.17, 15) is 9.90 Å². The summed E-state index contributed by atoms with van der Waals surface area (Å²) in [5.74, 6) is -0.788. The van der Waals surface area contributed by atoms with Gasteiger partial charge in [-0.15, -0.1) is 0 Å². The van der Waals surface area contributed by atoms with Crippen LogP contribution in [0.15, 0.2) is 24.3 Å². The summed E-state index contributed by atoms with van der Waals surface area (Å²) in [7, 11) is 0. The van der Waals surface area contributed by atoms with Crippen LogP contribution in [0.5, 0.6) is 0 Å². The lowest BCUT2D eigenvalue weighted by molar-refractivity contribution is -0.151. The van der Waals surface area contributed by atoms with Crippen LogP contribution in [0.2, 0.25) is 0 Å². The topological polar surface area (TPSA) is 49.3 Å². The first-order valence-corrected chi connectivity index (χ1v) is 6.21. The molecule has 0 fully saturated rings. The predicted molar refractivity (Wildman–Crippen MR) is 73.5 cm³/mol. The van der Waals surface area contributed by atoms with Gasteiger partial charge in [-0.1, -0.05) is 29.8 Å². The number of rotatable bonds is 5. The van der Waals surface area contributed by atoms with E-state index in [1.807, 2.05) is 26.0 Å². The van der Waals surface area contributed by atoms with E-state index in [0.717, 1.165) is 0 Å². The summed E-state index contributed by atoms with van der Waals surface area (Å²) in [6.07, 6.45) is 0. The molecule has 0 radical (unpaired) electrons. The number of hydrogen-bond acceptors (Lipinski definition) is 2. The molecule has 0 atom stereocenters. The summed E-state index contributed by atoms with van der Waals surface area (Å²) in [6.45, 7) is 10.1. The lowest BCUT2D eigenvalue weighted by atomic mass is 9.74. The van der Waals surface area contributed by atoms with Crippen molar-refractivity contribution in [2.24, 2.45) is 5.41 Å². The monoisotopic (exact) mass is 249 g/mol. The minimum absolute atomic E-state index is 0.484. The Labute approximate surface area is 109 Å². The molecule has 1 rings (SSSR count). The molecule has 0 unspecified atom stereocenters. The summed E-state index contributed by atoms with van der Waals surface area (Å²) in [5, 5.41) is 12.6. The third kappa shape index (κ3) is 3.10. The molecule has 2 N–H and O–H groups in total. The second kappa shape index (κ2) is 5.11. The van der Waals surface area contributed by atoms with E-state index in [-0.39, 0.29) is 0 Å². The molecule has 0 aliphatic heterocycles. The highest BCUT2D eigenvalue weighted by Gasteiger charge is 2.42. The van der Waals surface area contributed by atoms with Gasteiger partial charge in [0, 0.05) is 12.1 Å².